The highest BCUT2D eigenvalue weighted by molar-refractivity contribution is 6.02. The van der Waals surface area contributed by atoms with Crippen LogP contribution in [0.3, 0.4) is 0 Å². The normalized spacial score (nSPS) is 18.0. The van der Waals surface area contributed by atoms with Gasteiger partial charge in [-0.1, -0.05) is 12.1 Å². The zero-order chi connectivity index (χ0) is 17.6. The molecule has 1 atom stereocenters. The third kappa shape index (κ3) is 2.51. The van der Waals surface area contributed by atoms with Gasteiger partial charge >= 0.3 is 0 Å². The number of nitro benzene ring substituents is 1. The number of nitrogens with one attached hydrogen (secondary N) is 2. The van der Waals surface area contributed by atoms with Crippen molar-refractivity contribution < 1.29 is 19.2 Å². The summed E-state index contributed by atoms with van der Waals surface area (Å²) in [6.07, 6.45) is -0.739. The number of anilines is 1. The van der Waals surface area contributed by atoms with E-state index >= 15 is 0 Å². The van der Waals surface area contributed by atoms with Crippen LogP contribution in [-0.2, 0) is 0 Å². The summed E-state index contributed by atoms with van der Waals surface area (Å²) in [6, 6.07) is 8.26. The van der Waals surface area contributed by atoms with Crippen molar-refractivity contribution in [2.24, 2.45) is 0 Å². The van der Waals surface area contributed by atoms with Crippen molar-refractivity contribution >= 4 is 17.3 Å². The molecule has 1 amide bonds. The Morgan fingerprint density at radius 1 is 1.16 bits per heavy atom. The molecule has 2 aromatic rings. The van der Waals surface area contributed by atoms with Gasteiger partial charge in [0.15, 0.2) is 11.5 Å². The van der Waals surface area contributed by atoms with Crippen molar-refractivity contribution in [3.63, 3.8) is 0 Å². The zero-order valence-electron chi connectivity index (χ0n) is 13.4. The standard InChI is InChI=1S/C17H15N3O5/c1-9-3-2-4-10-15(9)18-16(19-17(10)21)11-7-13-14(25-6-5-24-13)8-12(11)20(22)23/h2-4,7-8,16,18H,5-6H2,1H3,(H,19,21). The molecule has 2 N–H and O–H groups in total. The van der Waals surface area contributed by atoms with Crippen LogP contribution in [-0.4, -0.2) is 24.0 Å². The molecule has 2 heterocycles. The lowest BCUT2D eigenvalue weighted by Gasteiger charge is -2.30. The quantitative estimate of drug-likeness (QED) is 0.643. The second kappa shape index (κ2) is 5.66. The molecule has 2 aliphatic rings. The Kier molecular flexibility index (Phi) is 3.45. The van der Waals surface area contributed by atoms with E-state index in [9.17, 15) is 14.9 Å². The lowest BCUT2D eigenvalue weighted by molar-refractivity contribution is -0.385. The maximum atomic E-state index is 12.4. The Bertz CT molecular complexity index is 896. The molecule has 0 aromatic heterocycles. The van der Waals surface area contributed by atoms with Crippen LogP contribution in [0.4, 0.5) is 11.4 Å². The molecule has 0 spiro atoms. The van der Waals surface area contributed by atoms with Crippen molar-refractivity contribution in [2.45, 2.75) is 13.1 Å². The Morgan fingerprint density at radius 3 is 2.60 bits per heavy atom. The molecule has 4 rings (SSSR count). The maximum absolute atomic E-state index is 12.4. The summed E-state index contributed by atoms with van der Waals surface area (Å²) in [5, 5.41) is 17.5. The SMILES string of the molecule is Cc1cccc2c1NC(c1cc3c(cc1[N+](=O)[O-])OCCO3)NC2=O. The fraction of sp³-hybridized carbons (Fsp3) is 0.235. The van der Waals surface area contributed by atoms with E-state index in [1.54, 1.807) is 18.2 Å². The molecule has 0 saturated heterocycles. The zero-order valence-corrected chi connectivity index (χ0v) is 13.4. The van der Waals surface area contributed by atoms with Crippen LogP contribution in [0.25, 0.3) is 0 Å². The number of nitrogens with zero attached hydrogens (tertiary/aromatic N) is 1. The average molecular weight is 341 g/mol. The van der Waals surface area contributed by atoms with Gasteiger partial charge in [-0.3, -0.25) is 14.9 Å². The molecule has 2 aromatic carbocycles. The van der Waals surface area contributed by atoms with Crippen molar-refractivity contribution in [3.05, 3.63) is 57.1 Å². The third-order valence-corrected chi connectivity index (χ3v) is 4.28. The van der Waals surface area contributed by atoms with Gasteiger partial charge in [0, 0.05) is 0 Å². The van der Waals surface area contributed by atoms with E-state index < -0.39 is 11.1 Å². The van der Waals surface area contributed by atoms with Gasteiger partial charge in [-0.15, -0.1) is 0 Å². The largest absolute Gasteiger partial charge is 0.486 e. The first-order chi connectivity index (χ1) is 12.0. The molecule has 0 saturated carbocycles. The number of nitro groups is 1. The summed E-state index contributed by atoms with van der Waals surface area (Å²) in [4.78, 5) is 23.4. The van der Waals surface area contributed by atoms with E-state index in [2.05, 4.69) is 10.6 Å². The van der Waals surface area contributed by atoms with E-state index in [0.717, 1.165) is 5.56 Å². The number of hydrogen-bond acceptors (Lipinski definition) is 6. The number of ether oxygens (including phenoxy) is 2. The van der Waals surface area contributed by atoms with Crippen LogP contribution in [0.5, 0.6) is 11.5 Å². The Hall–Kier alpha value is -3.29. The topological polar surface area (TPSA) is 103 Å². The van der Waals surface area contributed by atoms with E-state index in [4.69, 9.17) is 9.47 Å². The number of rotatable bonds is 2. The minimum Gasteiger partial charge on any atom is -0.486 e. The lowest BCUT2D eigenvalue weighted by atomic mass is 10.0. The minimum absolute atomic E-state index is 0.140. The van der Waals surface area contributed by atoms with Crippen LogP contribution in [0, 0.1) is 17.0 Å². The van der Waals surface area contributed by atoms with E-state index in [1.807, 2.05) is 13.0 Å². The van der Waals surface area contributed by atoms with Gasteiger partial charge in [-0.05, 0) is 24.6 Å². The predicted molar refractivity (Wildman–Crippen MR) is 89.1 cm³/mol. The molecule has 25 heavy (non-hydrogen) atoms. The van der Waals surface area contributed by atoms with Crippen LogP contribution in [0.15, 0.2) is 30.3 Å². The van der Waals surface area contributed by atoms with Crippen molar-refractivity contribution in [1.29, 1.82) is 0 Å². The highest BCUT2D eigenvalue weighted by atomic mass is 16.6. The number of carbonyl (C=O) groups is 1. The molecule has 128 valence electrons. The molecule has 1 unspecified atom stereocenters. The van der Waals surface area contributed by atoms with Gasteiger partial charge in [0.25, 0.3) is 11.6 Å². The molecule has 2 aliphatic heterocycles. The molecule has 0 fully saturated rings. The highest BCUT2D eigenvalue weighted by Gasteiger charge is 2.32. The van der Waals surface area contributed by atoms with Crippen LogP contribution >= 0.6 is 0 Å². The number of carbonyl (C=O) groups excluding carboxylic acids is 1. The minimum atomic E-state index is -0.739. The summed E-state index contributed by atoms with van der Waals surface area (Å²) in [5.74, 6) is 0.477. The number of hydrogen-bond donors (Lipinski definition) is 2. The van der Waals surface area contributed by atoms with E-state index in [0.29, 0.717) is 41.5 Å². The number of amides is 1. The second-order valence-electron chi connectivity index (χ2n) is 5.86. The third-order valence-electron chi connectivity index (χ3n) is 4.28. The molecular weight excluding hydrogens is 326 g/mol. The predicted octanol–water partition coefficient (Wildman–Crippen LogP) is 2.53. The fourth-order valence-corrected chi connectivity index (χ4v) is 3.08. The Balaban J connectivity index is 1.81. The van der Waals surface area contributed by atoms with Gasteiger partial charge in [0.1, 0.15) is 19.4 Å². The molecule has 0 bridgehead atoms. The molecule has 8 heteroatoms. The van der Waals surface area contributed by atoms with Gasteiger partial charge in [0.2, 0.25) is 0 Å². The van der Waals surface area contributed by atoms with Crippen molar-refractivity contribution in [3.8, 4) is 11.5 Å². The highest BCUT2D eigenvalue weighted by Crippen LogP contribution is 2.40. The number of benzene rings is 2. The first-order valence-electron chi connectivity index (χ1n) is 7.79. The van der Waals surface area contributed by atoms with Crippen LogP contribution < -0.4 is 20.1 Å². The fourth-order valence-electron chi connectivity index (χ4n) is 3.08. The second-order valence-corrected chi connectivity index (χ2v) is 5.86. The number of aryl methyl sites for hydroxylation is 1. The van der Waals surface area contributed by atoms with Crippen LogP contribution in [0.2, 0.25) is 0 Å². The first kappa shape index (κ1) is 15.3. The molecular formula is C17H15N3O5. The number of fused-ring (bicyclic) bond motifs is 2. The summed E-state index contributed by atoms with van der Waals surface area (Å²) in [6.45, 7) is 2.59. The molecule has 0 aliphatic carbocycles. The van der Waals surface area contributed by atoms with E-state index in [1.165, 1.54) is 6.07 Å². The van der Waals surface area contributed by atoms with Gasteiger partial charge in [0.05, 0.1) is 27.8 Å². The maximum Gasteiger partial charge on any atom is 0.280 e. The van der Waals surface area contributed by atoms with E-state index in [-0.39, 0.29) is 11.6 Å². The smallest absolute Gasteiger partial charge is 0.280 e. The molecule has 0 radical (unpaired) electrons. The first-order valence-corrected chi connectivity index (χ1v) is 7.79. The van der Waals surface area contributed by atoms with Gasteiger partial charge < -0.3 is 20.1 Å². The summed E-state index contributed by atoms with van der Waals surface area (Å²) >= 11 is 0. The van der Waals surface area contributed by atoms with Gasteiger partial charge in [-0.25, -0.2) is 0 Å². The van der Waals surface area contributed by atoms with Crippen LogP contribution in [0.1, 0.15) is 27.7 Å². The van der Waals surface area contributed by atoms with Crippen molar-refractivity contribution in [2.75, 3.05) is 18.5 Å². The van der Waals surface area contributed by atoms with Crippen molar-refractivity contribution in [1.82, 2.24) is 5.32 Å². The summed E-state index contributed by atoms with van der Waals surface area (Å²) in [7, 11) is 0. The summed E-state index contributed by atoms with van der Waals surface area (Å²) in [5.41, 5.74) is 2.24. The molecule has 8 nitrogen and oxygen atoms in total. The van der Waals surface area contributed by atoms with Gasteiger partial charge in [-0.2, -0.15) is 0 Å². The lowest BCUT2D eigenvalue weighted by Crippen LogP contribution is -2.39. The Morgan fingerprint density at radius 2 is 1.88 bits per heavy atom. The number of para-hydroxylation sites is 1. The monoisotopic (exact) mass is 341 g/mol. The summed E-state index contributed by atoms with van der Waals surface area (Å²) < 4.78 is 10.9. The average Bonchev–Trinajstić information content (AvgIpc) is 2.61. The Labute approximate surface area is 142 Å².